The van der Waals surface area contributed by atoms with Crippen molar-refractivity contribution in [2.75, 3.05) is 12.4 Å². The summed E-state index contributed by atoms with van der Waals surface area (Å²) in [5.41, 5.74) is 4.17. The summed E-state index contributed by atoms with van der Waals surface area (Å²) in [6.07, 6.45) is 4.76. The highest BCUT2D eigenvalue weighted by atomic mass is 16.5. The quantitative estimate of drug-likeness (QED) is 0.366. The van der Waals surface area contributed by atoms with E-state index in [-0.39, 0.29) is 19.0 Å². The van der Waals surface area contributed by atoms with Crippen LogP contribution < -0.4 is 15.6 Å². The highest BCUT2D eigenvalue weighted by molar-refractivity contribution is 5.96. The predicted molar refractivity (Wildman–Crippen MR) is 123 cm³/mol. The van der Waals surface area contributed by atoms with E-state index < -0.39 is 0 Å². The molecule has 0 bridgehead atoms. The molecule has 0 aliphatic carbocycles. The fourth-order valence-corrected chi connectivity index (χ4v) is 3.60. The molecule has 1 atom stereocenters. The summed E-state index contributed by atoms with van der Waals surface area (Å²) in [6.45, 7) is 4.60. The van der Waals surface area contributed by atoms with Crippen LogP contribution in [-0.2, 0) is 6.54 Å². The Bertz CT molecular complexity index is 1430. The third kappa shape index (κ3) is 3.49. The van der Waals surface area contributed by atoms with Crippen molar-refractivity contribution >= 4 is 27.8 Å². The van der Waals surface area contributed by atoms with Crippen LogP contribution in [0.15, 0.2) is 46.3 Å². The first-order valence-electron chi connectivity index (χ1n) is 9.89. The third-order valence-electron chi connectivity index (χ3n) is 5.23. The molecule has 0 radical (unpaired) electrons. The van der Waals surface area contributed by atoms with Gasteiger partial charge in [0.25, 0.3) is 5.56 Å². The molecule has 0 saturated heterocycles. The number of ether oxygens (including phenoxy) is 1. The van der Waals surface area contributed by atoms with Gasteiger partial charge >= 0.3 is 0 Å². The number of fused-ring (bicyclic) bond motifs is 2. The minimum Gasteiger partial charge on any atom is -0.497 e. The third-order valence-corrected chi connectivity index (χ3v) is 5.23. The summed E-state index contributed by atoms with van der Waals surface area (Å²) in [6, 6.07) is 5.29. The number of hydrogen-bond donors (Lipinski definition) is 3. The van der Waals surface area contributed by atoms with Gasteiger partial charge < -0.3 is 24.4 Å². The molecule has 4 heterocycles. The van der Waals surface area contributed by atoms with E-state index in [1.807, 2.05) is 38.2 Å². The molecule has 0 spiro atoms. The number of aryl methyl sites for hydroxylation is 1. The molecule has 1 aromatic carbocycles. The van der Waals surface area contributed by atoms with Crippen molar-refractivity contribution in [3.05, 3.63) is 53.1 Å². The van der Waals surface area contributed by atoms with Gasteiger partial charge in [0.2, 0.25) is 0 Å². The van der Waals surface area contributed by atoms with E-state index in [9.17, 15) is 4.79 Å². The highest BCUT2D eigenvalue weighted by Crippen LogP contribution is 2.33. The summed E-state index contributed by atoms with van der Waals surface area (Å²) in [7, 11) is 1.61. The molecule has 5 rings (SSSR count). The SMILES string of the molecule is C.CCn1cc2[nH]c(=O)c(-c3nc4ccc(OC)cc4[nH]3)c(N[C@H](C)c3cocn3)c2n1. The molecule has 0 fully saturated rings. The van der Waals surface area contributed by atoms with E-state index in [0.29, 0.717) is 46.1 Å². The maximum Gasteiger partial charge on any atom is 0.261 e. The van der Waals surface area contributed by atoms with E-state index in [1.54, 1.807) is 18.1 Å². The monoisotopic (exact) mass is 435 g/mol. The van der Waals surface area contributed by atoms with Crippen molar-refractivity contribution < 1.29 is 9.15 Å². The number of oxazole rings is 1. The fourth-order valence-electron chi connectivity index (χ4n) is 3.60. The zero-order chi connectivity index (χ0) is 21.5. The maximum absolute atomic E-state index is 13.2. The van der Waals surface area contributed by atoms with Gasteiger partial charge in [0.1, 0.15) is 34.6 Å². The van der Waals surface area contributed by atoms with Crippen LogP contribution in [0.3, 0.4) is 0 Å². The number of imidazole rings is 1. The fraction of sp³-hybridized carbons (Fsp3) is 0.273. The van der Waals surface area contributed by atoms with Crippen molar-refractivity contribution in [3.63, 3.8) is 0 Å². The first-order valence-corrected chi connectivity index (χ1v) is 9.89. The zero-order valence-corrected chi connectivity index (χ0v) is 17.3. The molecule has 5 aromatic rings. The number of H-pyrrole nitrogens is 2. The van der Waals surface area contributed by atoms with Crippen molar-refractivity contribution in [2.24, 2.45) is 0 Å². The number of methoxy groups -OCH3 is 1. The van der Waals surface area contributed by atoms with Crippen LogP contribution in [0.5, 0.6) is 5.75 Å². The molecule has 0 unspecified atom stereocenters. The Morgan fingerprint density at radius 2 is 2.12 bits per heavy atom. The number of anilines is 1. The number of hydrogen-bond acceptors (Lipinski definition) is 7. The van der Waals surface area contributed by atoms with Crippen molar-refractivity contribution in [3.8, 4) is 17.1 Å². The average molecular weight is 435 g/mol. The van der Waals surface area contributed by atoms with Gasteiger partial charge in [0.05, 0.1) is 35.4 Å². The second-order valence-corrected chi connectivity index (χ2v) is 7.20. The molecule has 32 heavy (non-hydrogen) atoms. The molecule has 166 valence electrons. The van der Waals surface area contributed by atoms with E-state index in [0.717, 1.165) is 11.0 Å². The topological polar surface area (TPSA) is 127 Å². The second-order valence-electron chi connectivity index (χ2n) is 7.20. The summed E-state index contributed by atoms with van der Waals surface area (Å²) < 4.78 is 12.2. The van der Waals surface area contributed by atoms with Crippen molar-refractivity contribution in [2.45, 2.75) is 33.9 Å². The summed E-state index contributed by atoms with van der Waals surface area (Å²) in [4.78, 5) is 28.2. The predicted octanol–water partition coefficient (Wildman–Crippen LogP) is 4.09. The van der Waals surface area contributed by atoms with Crippen LogP contribution >= 0.6 is 0 Å². The number of nitrogens with one attached hydrogen (secondary N) is 3. The lowest BCUT2D eigenvalue weighted by Gasteiger charge is -2.15. The molecule has 10 nitrogen and oxygen atoms in total. The van der Waals surface area contributed by atoms with Crippen molar-refractivity contribution in [1.29, 1.82) is 0 Å². The van der Waals surface area contributed by atoms with E-state index in [4.69, 9.17) is 9.15 Å². The van der Waals surface area contributed by atoms with Gasteiger partial charge in [-0.3, -0.25) is 9.48 Å². The van der Waals surface area contributed by atoms with Crippen LogP contribution in [0.2, 0.25) is 0 Å². The van der Waals surface area contributed by atoms with Gasteiger partial charge in [-0.1, -0.05) is 7.43 Å². The minimum absolute atomic E-state index is 0. The van der Waals surface area contributed by atoms with Crippen LogP contribution in [0.4, 0.5) is 5.69 Å². The van der Waals surface area contributed by atoms with E-state index in [1.165, 1.54) is 6.39 Å². The Kier molecular flexibility index (Phi) is 5.43. The van der Waals surface area contributed by atoms with Crippen molar-refractivity contribution in [1.82, 2.24) is 29.7 Å². The Morgan fingerprint density at radius 1 is 1.28 bits per heavy atom. The Balaban J connectivity index is 0.00000245. The van der Waals surface area contributed by atoms with Gasteiger partial charge in [-0.15, -0.1) is 0 Å². The summed E-state index contributed by atoms with van der Waals surface area (Å²) in [5.74, 6) is 1.14. The Hall–Kier alpha value is -4.08. The number of benzene rings is 1. The lowest BCUT2D eigenvalue weighted by atomic mass is 10.1. The van der Waals surface area contributed by atoms with Gasteiger partial charge in [-0.2, -0.15) is 5.10 Å². The number of aromatic amines is 2. The summed E-state index contributed by atoms with van der Waals surface area (Å²) >= 11 is 0. The first kappa shape index (κ1) is 21.2. The standard InChI is InChI=1S/C21H21N7O3.CH4/c1-4-28-8-15-18(27-28)19(23-11(2)16-9-31-10-22-16)17(21(29)26-15)20-24-13-6-5-12(30-3)7-14(13)25-20;/h5-11,23H,4H2,1-3H3,(H,24,25)(H,26,29);1H4/t11-;/m1./s1. The molecule has 0 aliphatic rings. The minimum atomic E-state index is -0.274. The van der Waals surface area contributed by atoms with Crippen LogP contribution in [0.25, 0.3) is 33.5 Å². The molecule has 10 heteroatoms. The van der Waals surface area contributed by atoms with Crippen LogP contribution in [0.1, 0.15) is 33.0 Å². The number of pyridine rings is 1. The van der Waals surface area contributed by atoms with Crippen LogP contribution in [-0.4, -0.2) is 36.8 Å². The van der Waals surface area contributed by atoms with E-state index in [2.05, 4.69) is 30.4 Å². The Morgan fingerprint density at radius 3 is 2.84 bits per heavy atom. The highest BCUT2D eigenvalue weighted by Gasteiger charge is 2.22. The molecule has 4 aromatic heterocycles. The zero-order valence-electron chi connectivity index (χ0n) is 17.3. The smallest absolute Gasteiger partial charge is 0.261 e. The van der Waals surface area contributed by atoms with Gasteiger partial charge in [0, 0.05) is 18.8 Å². The van der Waals surface area contributed by atoms with Gasteiger partial charge in [0.15, 0.2) is 6.39 Å². The molecular weight excluding hydrogens is 410 g/mol. The largest absolute Gasteiger partial charge is 0.497 e. The molecular formula is C22H25N7O3. The molecule has 0 saturated carbocycles. The summed E-state index contributed by atoms with van der Waals surface area (Å²) in [5, 5.41) is 8.05. The molecule has 0 amide bonds. The second kappa shape index (κ2) is 8.22. The number of rotatable bonds is 6. The maximum atomic E-state index is 13.2. The van der Waals surface area contributed by atoms with E-state index >= 15 is 0 Å². The lowest BCUT2D eigenvalue weighted by Crippen LogP contribution is -2.16. The molecule has 0 aliphatic heterocycles. The van der Waals surface area contributed by atoms with Gasteiger partial charge in [-0.05, 0) is 26.0 Å². The normalized spacial score (nSPS) is 12.1. The first-order chi connectivity index (χ1) is 15.1. The van der Waals surface area contributed by atoms with Crippen LogP contribution in [0, 0.1) is 0 Å². The van der Waals surface area contributed by atoms with Gasteiger partial charge in [-0.25, -0.2) is 9.97 Å². The number of aromatic nitrogens is 6. The molecule has 3 N–H and O–H groups in total. The lowest BCUT2D eigenvalue weighted by molar-refractivity contribution is 0.415. The Labute approximate surface area is 183 Å². The average Bonchev–Trinajstić information content (AvgIpc) is 3.51. The number of nitrogens with zero attached hydrogens (tertiary/aromatic N) is 4.